The molecule has 0 radical (unpaired) electrons. The Bertz CT molecular complexity index is 2360. The van der Waals surface area contributed by atoms with E-state index in [0.717, 1.165) is 46.5 Å². The maximum atomic E-state index is 14.2. The Balaban J connectivity index is 1.18. The summed E-state index contributed by atoms with van der Waals surface area (Å²) in [6.45, 7) is 0.412. The van der Waals surface area contributed by atoms with Crippen molar-refractivity contribution in [1.29, 1.82) is 0 Å². The molecule has 5 aromatic carbocycles. The zero-order valence-corrected chi connectivity index (χ0v) is 26.9. The number of ether oxygens (including phenoxy) is 3. The van der Waals surface area contributed by atoms with Gasteiger partial charge in [0.1, 0.15) is 12.4 Å². The van der Waals surface area contributed by atoms with Gasteiger partial charge in [-0.2, -0.15) is 0 Å². The summed E-state index contributed by atoms with van der Waals surface area (Å²) in [5.74, 6) is 2.03. The molecule has 1 aliphatic heterocycles. The van der Waals surface area contributed by atoms with Crippen LogP contribution in [0.3, 0.4) is 0 Å². The van der Waals surface area contributed by atoms with Crippen LogP contribution in [0.15, 0.2) is 125 Å². The number of benzene rings is 5. The first-order valence-corrected chi connectivity index (χ1v) is 16.5. The Kier molecular flexibility index (Phi) is 7.46. The van der Waals surface area contributed by atoms with Crippen LogP contribution in [0.4, 0.5) is 0 Å². The van der Waals surface area contributed by atoms with Gasteiger partial charge in [0.15, 0.2) is 16.3 Å². The van der Waals surface area contributed by atoms with E-state index in [4.69, 9.17) is 19.2 Å². The fraction of sp³-hybridized carbons (Fsp3) is 0.150. The number of methoxy groups -OCH3 is 2. The van der Waals surface area contributed by atoms with Gasteiger partial charge in [0.2, 0.25) is 0 Å². The molecule has 0 saturated carbocycles. The molecule has 0 fully saturated rings. The minimum Gasteiger partial charge on any atom is -0.497 e. The lowest BCUT2D eigenvalue weighted by molar-refractivity contribution is 0.285. The molecule has 0 saturated heterocycles. The molecule has 1 atom stereocenters. The molecule has 0 unspecified atom stereocenters. The van der Waals surface area contributed by atoms with Gasteiger partial charge < -0.3 is 14.2 Å². The number of aromatic nitrogens is 1. The predicted octanol–water partition coefficient (Wildman–Crippen LogP) is 7.07. The second-order valence-corrected chi connectivity index (χ2v) is 12.7. The fourth-order valence-electron chi connectivity index (χ4n) is 6.73. The summed E-state index contributed by atoms with van der Waals surface area (Å²) in [6, 6.07) is 36.5. The second kappa shape index (κ2) is 12.1. The van der Waals surface area contributed by atoms with Crippen LogP contribution in [-0.4, -0.2) is 18.8 Å². The van der Waals surface area contributed by atoms with Gasteiger partial charge in [-0.05, 0) is 81.8 Å². The van der Waals surface area contributed by atoms with Gasteiger partial charge >= 0.3 is 0 Å². The zero-order chi connectivity index (χ0) is 31.9. The van der Waals surface area contributed by atoms with Crippen LogP contribution in [-0.2, 0) is 13.0 Å². The maximum absolute atomic E-state index is 14.2. The highest BCUT2D eigenvalue weighted by Crippen LogP contribution is 2.41. The third kappa shape index (κ3) is 5.22. The van der Waals surface area contributed by atoms with Gasteiger partial charge in [0, 0.05) is 5.56 Å². The summed E-state index contributed by atoms with van der Waals surface area (Å²) < 4.78 is 19.9. The quantitative estimate of drug-likeness (QED) is 0.188. The van der Waals surface area contributed by atoms with Crippen molar-refractivity contribution in [2.24, 2.45) is 4.99 Å². The molecule has 6 nitrogen and oxygen atoms in total. The molecule has 232 valence electrons. The van der Waals surface area contributed by atoms with E-state index in [0.29, 0.717) is 27.4 Å². The molecular formula is C40H32N2O4S. The third-order valence-corrected chi connectivity index (χ3v) is 10.0. The van der Waals surface area contributed by atoms with Gasteiger partial charge in [-0.15, -0.1) is 0 Å². The number of allylic oxidation sites excluding steroid dienone is 1. The summed E-state index contributed by atoms with van der Waals surface area (Å²) in [4.78, 5) is 20.0. The zero-order valence-electron chi connectivity index (χ0n) is 26.1. The minimum atomic E-state index is -0.248. The first-order valence-electron chi connectivity index (χ1n) is 15.7. The van der Waals surface area contributed by atoms with Gasteiger partial charge in [0.05, 0.1) is 30.5 Å². The molecule has 2 aliphatic rings. The van der Waals surface area contributed by atoms with Crippen molar-refractivity contribution in [3.8, 4) is 17.2 Å². The number of fused-ring (bicyclic) bond motifs is 4. The topological polar surface area (TPSA) is 62.0 Å². The highest BCUT2D eigenvalue weighted by atomic mass is 32.1. The normalized spacial score (nSPS) is 15.4. The molecule has 8 rings (SSSR count). The van der Waals surface area contributed by atoms with Gasteiger partial charge in [0.25, 0.3) is 5.56 Å². The minimum absolute atomic E-state index is 0.0600. The van der Waals surface area contributed by atoms with Gasteiger partial charge in [-0.25, -0.2) is 4.99 Å². The van der Waals surface area contributed by atoms with Crippen LogP contribution < -0.4 is 29.1 Å². The van der Waals surface area contributed by atoms with E-state index in [9.17, 15) is 4.79 Å². The van der Waals surface area contributed by atoms with Crippen molar-refractivity contribution in [2.75, 3.05) is 14.2 Å². The largest absolute Gasteiger partial charge is 0.497 e. The number of aryl methyl sites for hydroxylation is 1. The van der Waals surface area contributed by atoms with Crippen LogP contribution in [0, 0.1) is 0 Å². The highest BCUT2D eigenvalue weighted by molar-refractivity contribution is 7.07. The number of hydrogen-bond donors (Lipinski definition) is 0. The molecule has 2 heterocycles. The van der Waals surface area contributed by atoms with Crippen molar-refractivity contribution < 1.29 is 14.2 Å². The lowest BCUT2D eigenvalue weighted by Gasteiger charge is -2.30. The van der Waals surface area contributed by atoms with Crippen molar-refractivity contribution in [3.63, 3.8) is 0 Å². The monoisotopic (exact) mass is 636 g/mol. The van der Waals surface area contributed by atoms with Crippen molar-refractivity contribution in [2.45, 2.75) is 25.5 Å². The molecule has 0 amide bonds. The van der Waals surface area contributed by atoms with Crippen LogP contribution in [0.1, 0.15) is 40.3 Å². The SMILES string of the molecule is COc1ccc([C@H]2C3=C(N=c4s/c(=C/c5ccc(OCc6cccc7ccccc67)c(OC)c5)c(=O)n42)c2ccccc2CC3)cc1. The van der Waals surface area contributed by atoms with Gasteiger partial charge in [-0.3, -0.25) is 9.36 Å². The van der Waals surface area contributed by atoms with Crippen LogP contribution >= 0.6 is 11.3 Å². The van der Waals surface area contributed by atoms with Crippen LogP contribution in [0.2, 0.25) is 0 Å². The number of hydrogen-bond acceptors (Lipinski definition) is 6. The Morgan fingerprint density at radius 3 is 2.51 bits per heavy atom. The summed E-state index contributed by atoms with van der Waals surface area (Å²) in [6.07, 6.45) is 3.67. The fourth-order valence-corrected chi connectivity index (χ4v) is 7.73. The van der Waals surface area contributed by atoms with Crippen molar-refractivity contribution in [3.05, 3.63) is 162 Å². The van der Waals surface area contributed by atoms with E-state index in [1.165, 1.54) is 33.2 Å². The van der Waals surface area contributed by atoms with E-state index in [1.807, 2.05) is 59.2 Å². The summed E-state index contributed by atoms with van der Waals surface area (Å²) in [5, 5.41) is 2.34. The van der Waals surface area contributed by atoms with E-state index in [-0.39, 0.29) is 11.6 Å². The summed E-state index contributed by atoms with van der Waals surface area (Å²) in [5.41, 5.74) is 7.51. The molecule has 0 N–H and O–H groups in total. The third-order valence-electron chi connectivity index (χ3n) is 9.05. The molecular weight excluding hydrogens is 605 g/mol. The Morgan fingerprint density at radius 1 is 0.851 bits per heavy atom. The number of nitrogens with zero attached hydrogens (tertiary/aromatic N) is 2. The first-order chi connectivity index (χ1) is 23.1. The molecule has 1 aliphatic carbocycles. The lowest BCUT2D eigenvalue weighted by atomic mass is 9.83. The molecule has 1 aromatic heterocycles. The molecule has 7 heteroatoms. The first kappa shape index (κ1) is 29.0. The lowest BCUT2D eigenvalue weighted by Crippen LogP contribution is -2.38. The summed E-state index contributed by atoms with van der Waals surface area (Å²) in [7, 11) is 3.30. The number of rotatable bonds is 7. The second-order valence-electron chi connectivity index (χ2n) is 11.7. The van der Waals surface area contributed by atoms with E-state index < -0.39 is 0 Å². The van der Waals surface area contributed by atoms with Crippen molar-refractivity contribution in [1.82, 2.24) is 4.57 Å². The standard InChI is InChI=1S/C40H32N2O4S/c1-44-30-18-15-28(16-19-30)38-33-20-17-27-9-4-6-13-32(27)37(33)41-40-42(38)39(43)36(47-40)23-25-14-21-34(35(22-25)45-2)46-24-29-11-7-10-26-8-3-5-12-31(26)29/h3-16,18-19,21-23,38H,17,20,24H2,1-2H3/b36-23+/t38-/m0/s1. The van der Waals surface area contributed by atoms with Crippen LogP contribution in [0.25, 0.3) is 22.5 Å². The van der Waals surface area contributed by atoms with E-state index >= 15 is 0 Å². The summed E-state index contributed by atoms with van der Waals surface area (Å²) >= 11 is 1.42. The Morgan fingerprint density at radius 2 is 1.66 bits per heavy atom. The molecule has 0 bridgehead atoms. The highest BCUT2D eigenvalue weighted by Gasteiger charge is 2.32. The molecule has 0 spiro atoms. The smallest absolute Gasteiger partial charge is 0.271 e. The van der Waals surface area contributed by atoms with E-state index in [2.05, 4.69) is 60.7 Å². The Labute approximate surface area is 276 Å². The predicted molar refractivity (Wildman–Crippen MR) is 187 cm³/mol. The van der Waals surface area contributed by atoms with Crippen molar-refractivity contribution >= 4 is 33.9 Å². The molecule has 47 heavy (non-hydrogen) atoms. The van der Waals surface area contributed by atoms with E-state index in [1.54, 1.807) is 14.2 Å². The van der Waals surface area contributed by atoms with Crippen LogP contribution in [0.5, 0.6) is 17.2 Å². The molecule has 6 aromatic rings. The maximum Gasteiger partial charge on any atom is 0.271 e. The number of thiazole rings is 1. The Hall–Kier alpha value is -5.40. The van der Waals surface area contributed by atoms with Gasteiger partial charge in [-0.1, -0.05) is 96.3 Å². The average molecular weight is 637 g/mol. The average Bonchev–Trinajstić information content (AvgIpc) is 3.43.